The maximum atomic E-state index is 13.0. The molecule has 0 spiro atoms. The molecule has 0 aliphatic heterocycles. The summed E-state index contributed by atoms with van der Waals surface area (Å²) in [4.78, 5) is 38.9. The van der Waals surface area contributed by atoms with E-state index in [2.05, 4.69) is 61.2 Å². The summed E-state index contributed by atoms with van der Waals surface area (Å²) in [6.07, 6.45) is 3.42. The molecule has 0 radical (unpaired) electrons. The molecule has 0 fully saturated rings. The first kappa shape index (κ1) is 45.0. The Labute approximate surface area is 300 Å². The zero-order valence-electron chi connectivity index (χ0n) is 30.4. The third kappa shape index (κ3) is 23.1. The number of carbonyl (C=O) groups is 3. The predicted molar refractivity (Wildman–Crippen MR) is 206 cm³/mol. The number of amides is 2. The summed E-state index contributed by atoms with van der Waals surface area (Å²) in [6, 6.07) is -0.925. The summed E-state index contributed by atoms with van der Waals surface area (Å²) in [5, 5.41) is 25.2. The lowest BCUT2D eigenvalue weighted by Crippen LogP contribution is -2.47. The number of rotatable bonds is 23. The second-order valence-electron chi connectivity index (χ2n) is 14.7. The lowest BCUT2D eigenvalue weighted by molar-refractivity contribution is -0.137. The number of nitrogens with two attached hydrogens (primary N) is 1. The van der Waals surface area contributed by atoms with Crippen molar-refractivity contribution in [3.63, 3.8) is 0 Å². The van der Waals surface area contributed by atoms with Crippen LogP contribution in [0.3, 0.4) is 0 Å². The average molecular weight is 717 g/mol. The first-order valence-corrected chi connectivity index (χ1v) is 18.3. The molecule has 0 aliphatic rings. The number of nitrogens with one attached hydrogen (secondary N) is 5. The number of hydrogen-bond acceptors (Lipinski definition) is 7. The molecule has 272 valence electrons. The van der Waals surface area contributed by atoms with Gasteiger partial charge >= 0.3 is 5.97 Å². The molecular weight excluding hydrogens is 653 g/mol. The summed E-state index contributed by atoms with van der Waals surface area (Å²) in [5.41, 5.74) is 6.17. The summed E-state index contributed by atoms with van der Waals surface area (Å²) in [6.45, 7) is 20.3. The van der Waals surface area contributed by atoms with Crippen LogP contribution in [-0.4, -0.2) is 74.1 Å². The van der Waals surface area contributed by atoms with Crippen LogP contribution in [0.25, 0.3) is 0 Å². The molecular formula is C34H64N6O4S3. The first-order chi connectivity index (χ1) is 21.7. The van der Waals surface area contributed by atoms with Crippen molar-refractivity contribution in [1.29, 1.82) is 0 Å². The van der Waals surface area contributed by atoms with E-state index in [-0.39, 0.29) is 67.1 Å². The van der Waals surface area contributed by atoms with E-state index in [0.29, 0.717) is 42.5 Å². The molecule has 2 amide bonds. The molecule has 0 heterocycles. The van der Waals surface area contributed by atoms with Crippen LogP contribution in [0, 0.1) is 23.7 Å². The Hall–Kier alpha value is -1.96. The number of hydrogen-bond donors (Lipinski definition) is 7. The fourth-order valence-corrected chi connectivity index (χ4v) is 6.39. The molecule has 0 aromatic heterocycles. The zero-order valence-corrected chi connectivity index (χ0v) is 32.9. The average Bonchev–Trinajstić information content (AvgIpc) is 2.85. The van der Waals surface area contributed by atoms with Crippen molar-refractivity contribution in [2.75, 3.05) is 0 Å². The second kappa shape index (κ2) is 23.4. The van der Waals surface area contributed by atoms with Crippen LogP contribution >= 0.6 is 36.7 Å². The Bertz CT molecular complexity index is 1020. The maximum absolute atomic E-state index is 13.0. The van der Waals surface area contributed by atoms with E-state index in [9.17, 15) is 19.5 Å². The second-order valence-corrected chi connectivity index (χ2v) is 16.1. The van der Waals surface area contributed by atoms with Gasteiger partial charge in [-0.15, -0.1) is 0 Å². The van der Waals surface area contributed by atoms with Gasteiger partial charge in [0.1, 0.15) is 0 Å². The highest BCUT2D eigenvalue weighted by atomic mass is 32.1. The Kier molecular flexibility index (Phi) is 22.4. The van der Waals surface area contributed by atoms with Gasteiger partial charge in [0.15, 0.2) is 0 Å². The van der Waals surface area contributed by atoms with Gasteiger partial charge in [-0.05, 0) is 50.4 Å². The number of thiocarbonyl (C=S) groups is 3. The standard InChI is InChI=1S/C34H64N6O4S3/c1-19(2)11-25(39-31(45)14-24(10)37-33(47)17-27(35)21(5)6)15-32(46)40-28(22(7)8)18-30(42)36-23(9)13-29(41)38-26(12-20(3)4)16-34(43)44/h19-28H,11-18,35H2,1-10H3,(H,36,42)(H,37,47)(H,38,41)(H,39,45)(H,40,46)(H,43,44)/t23-,24-,25-,26-,27+,28+/m0/s1. The summed E-state index contributed by atoms with van der Waals surface area (Å²) in [5.74, 6) is -0.274. The summed E-state index contributed by atoms with van der Waals surface area (Å²) >= 11 is 17.0. The topological polar surface area (TPSA) is 158 Å². The molecule has 47 heavy (non-hydrogen) atoms. The molecule has 10 nitrogen and oxygen atoms in total. The molecule has 0 unspecified atom stereocenters. The number of carbonyl (C=O) groups excluding carboxylic acids is 2. The maximum Gasteiger partial charge on any atom is 0.305 e. The van der Waals surface area contributed by atoms with Crippen LogP contribution in [-0.2, 0) is 14.4 Å². The summed E-state index contributed by atoms with van der Waals surface area (Å²) in [7, 11) is 0. The first-order valence-electron chi connectivity index (χ1n) is 17.1. The van der Waals surface area contributed by atoms with Crippen molar-refractivity contribution in [3.05, 3.63) is 0 Å². The number of carboxylic acid groups (broad SMARTS) is 1. The molecule has 0 bridgehead atoms. The van der Waals surface area contributed by atoms with Crippen molar-refractivity contribution in [1.82, 2.24) is 26.6 Å². The zero-order chi connectivity index (χ0) is 36.4. The van der Waals surface area contributed by atoms with Gasteiger partial charge in [0.05, 0.1) is 21.4 Å². The van der Waals surface area contributed by atoms with E-state index in [0.717, 1.165) is 16.4 Å². The normalized spacial score (nSPS) is 15.4. The highest BCUT2D eigenvalue weighted by Gasteiger charge is 2.24. The van der Waals surface area contributed by atoms with Gasteiger partial charge in [0.25, 0.3) is 0 Å². The van der Waals surface area contributed by atoms with Gasteiger partial charge < -0.3 is 37.4 Å². The largest absolute Gasteiger partial charge is 0.481 e. The van der Waals surface area contributed by atoms with Gasteiger partial charge in [0, 0.05) is 68.4 Å². The van der Waals surface area contributed by atoms with Crippen molar-refractivity contribution < 1.29 is 19.5 Å². The highest BCUT2D eigenvalue weighted by molar-refractivity contribution is 7.80. The number of aliphatic carboxylic acids is 1. The fraction of sp³-hybridized carbons (Fsp3) is 0.824. The Balaban J connectivity index is 5.06. The minimum Gasteiger partial charge on any atom is -0.481 e. The number of carboxylic acids is 1. The van der Waals surface area contributed by atoms with Crippen LogP contribution < -0.4 is 32.3 Å². The van der Waals surface area contributed by atoms with Crippen molar-refractivity contribution in [2.24, 2.45) is 29.4 Å². The van der Waals surface area contributed by atoms with Crippen LogP contribution in [0.15, 0.2) is 0 Å². The van der Waals surface area contributed by atoms with E-state index >= 15 is 0 Å². The highest BCUT2D eigenvalue weighted by Crippen LogP contribution is 2.14. The van der Waals surface area contributed by atoms with Crippen LogP contribution in [0.2, 0.25) is 0 Å². The van der Waals surface area contributed by atoms with E-state index < -0.39 is 18.1 Å². The fourth-order valence-electron chi connectivity index (χ4n) is 5.23. The third-order valence-electron chi connectivity index (χ3n) is 7.73. The van der Waals surface area contributed by atoms with Gasteiger partial charge in [-0.2, -0.15) is 0 Å². The van der Waals surface area contributed by atoms with E-state index in [1.54, 1.807) is 6.92 Å². The van der Waals surface area contributed by atoms with Gasteiger partial charge in [-0.1, -0.05) is 92.0 Å². The third-order valence-corrected chi connectivity index (χ3v) is 8.58. The Morgan fingerprint density at radius 2 is 1.02 bits per heavy atom. The minimum atomic E-state index is -0.956. The van der Waals surface area contributed by atoms with Crippen molar-refractivity contribution in [3.8, 4) is 0 Å². The molecule has 8 N–H and O–H groups in total. The van der Waals surface area contributed by atoms with Crippen LogP contribution in [0.4, 0.5) is 0 Å². The molecule has 0 saturated heterocycles. The SMILES string of the molecule is CC(C)C[C@@H](CC(=O)O)NC(=O)C[C@H](C)NC(=O)C[C@@H](NC(=S)C[C@H](CC(C)C)NC(=S)C[C@H](C)NC(=S)C[C@@H](N)C(C)C)C(C)C. The molecule has 0 aliphatic carbocycles. The molecule has 13 heteroatoms. The van der Waals surface area contributed by atoms with Crippen molar-refractivity contribution in [2.45, 2.75) is 157 Å². The molecule has 0 aromatic rings. The van der Waals surface area contributed by atoms with E-state index in [1.165, 1.54) is 0 Å². The monoisotopic (exact) mass is 716 g/mol. The van der Waals surface area contributed by atoms with Gasteiger partial charge in [-0.25, -0.2) is 0 Å². The smallest absolute Gasteiger partial charge is 0.305 e. The van der Waals surface area contributed by atoms with E-state index in [1.807, 2.05) is 27.7 Å². The lowest BCUT2D eigenvalue weighted by Gasteiger charge is -2.28. The van der Waals surface area contributed by atoms with Crippen LogP contribution in [0.1, 0.15) is 121 Å². The van der Waals surface area contributed by atoms with Gasteiger partial charge in [0.2, 0.25) is 11.8 Å². The summed E-state index contributed by atoms with van der Waals surface area (Å²) < 4.78 is 0. The molecule has 0 aromatic carbocycles. The quantitative estimate of drug-likeness (QED) is 0.0714. The van der Waals surface area contributed by atoms with Gasteiger partial charge in [-0.3, -0.25) is 14.4 Å². The predicted octanol–water partition coefficient (Wildman–Crippen LogP) is 5.01. The molecule has 0 rings (SSSR count). The molecule has 0 saturated carbocycles. The minimum absolute atomic E-state index is 0.0197. The molecule has 6 atom stereocenters. The van der Waals surface area contributed by atoms with Crippen LogP contribution in [0.5, 0.6) is 0 Å². The Morgan fingerprint density at radius 1 is 0.553 bits per heavy atom. The van der Waals surface area contributed by atoms with E-state index in [4.69, 9.17) is 42.4 Å². The Morgan fingerprint density at radius 3 is 1.51 bits per heavy atom. The van der Waals surface area contributed by atoms with Crippen molar-refractivity contribution >= 4 is 69.4 Å². The lowest BCUT2D eigenvalue weighted by atomic mass is 9.98.